The fourth-order valence-electron chi connectivity index (χ4n) is 3.27. The molecule has 156 valence electrons. The second-order valence-corrected chi connectivity index (χ2v) is 7.68. The predicted octanol–water partition coefficient (Wildman–Crippen LogP) is 4.05. The van der Waals surface area contributed by atoms with Gasteiger partial charge in [0.1, 0.15) is 5.69 Å². The predicted molar refractivity (Wildman–Crippen MR) is 122 cm³/mol. The second kappa shape index (κ2) is 8.45. The molecule has 2 aromatic heterocycles. The highest BCUT2D eigenvalue weighted by Gasteiger charge is 2.20. The maximum Gasteiger partial charge on any atom is 0.295 e. The zero-order valence-corrected chi connectivity index (χ0v) is 17.8. The summed E-state index contributed by atoms with van der Waals surface area (Å²) in [6, 6.07) is 17.6. The molecule has 0 aliphatic heterocycles. The average Bonchev–Trinajstić information content (AvgIpc) is 3.39. The van der Waals surface area contributed by atoms with Gasteiger partial charge in [0.05, 0.1) is 28.2 Å². The lowest BCUT2D eigenvalue weighted by Gasteiger charge is -2.10. The molecule has 2 N–H and O–H groups in total. The molecule has 0 fully saturated rings. The van der Waals surface area contributed by atoms with E-state index in [1.165, 1.54) is 16.0 Å². The normalized spacial score (nSPS) is 10.6. The van der Waals surface area contributed by atoms with Crippen molar-refractivity contribution in [3.8, 4) is 5.69 Å². The molecule has 4 aromatic rings. The largest absolute Gasteiger partial charge is 0.321 e. The quantitative estimate of drug-likeness (QED) is 0.499. The Bertz CT molecular complexity index is 1300. The molecule has 0 radical (unpaired) electrons. The Morgan fingerprint density at radius 3 is 2.32 bits per heavy atom. The van der Waals surface area contributed by atoms with Crippen molar-refractivity contribution in [2.24, 2.45) is 7.05 Å². The number of nitrogens with zero attached hydrogens (tertiary/aromatic N) is 2. The summed E-state index contributed by atoms with van der Waals surface area (Å²) in [5, 5.41) is 9.04. The monoisotopic (exact) mass is 432 g/mol. The topological polar surface area (TPSA) is 85.1 Å². The van der Waals surface area contributed by atoms with Crippen LogP contribution < -0.4 is 16.2 Å². The molecule has 2 heterocycles. The van der Waals surface area contributed by atoms with Crippen molar-refractivity contribution >= 4 is 34.5 Å². The van der Waals surface area contributed by atoms with Crippen molar-refractivity contribution < 1.29 is 9.59 Å². The van der Waals surface area contributed by atoms with Gasteiger partial charge >= 0.3 is 0 Å². The third-order valence-corrected chi connectivity index (χ3v) is 5.68. The lowest BCUT2D eigenvalue weighted by molar-refractivity contribution is 0.102. The van der Waals surface area contributed by atoms with Gasteiger partial charge in [0.25, 0.3) is 17.4 Å². The first-order chi connectivity index (χ1) is 15.0. The maximum absolute atomic E-state index is 13.1. The van der Waals surface area contributed by atoms with Gasteiger partial charge in [-0.25, -0.2) is 4.68 Å². The molecule has 0 bridgehead atoms. The van der Waals surface area contributed by atoms with Crippen LogP contribution in [0.4, 0.5) is 11.4 Å². The minimum absolute atomic E-state index is 0.190. The van der Waals surface area contributed by atoms with E-state index in [1.54, 1.807) is 54.4 Å². The number of rotatable bonds is 5. The van der Waals surface area contributed by atoms with Crippen LogP contribution in [0.5, 0.6) is 0 Å². The summed E-state index contributed by atoms with van der Waals surface area (Å²) in [7, 11) is 1.76. The summed E-state index contributed by atoms with van der Waals surface area (Å²) >= 11 is 1.42. The minimum Gasteiger partial charge on any atom is -0.321 e. The molecule has 2 amide bonds. The highest BCUT2D eigenvalue weighted by atomic mass is 32.1. The van der Waals surface area contributed by atoms with E-state index in [4.69, 9.17) is 0 Å². The van der Waals surface area contributed by atoms with Crippen molar-refractivity contribution in [3.05, 3.63) is 98.6 Å². The van der Waals surface area contributed by atoms with Crippen LogP contribution in [-0.2, 0) is 7.05 Å². The second-order valence-electron chi connectivity index (χ2n) is 6.90. The van der Waals surface area contributed by atoms with E-state index in [1.807, 2.05) is 35.7 Å². The SMILES string of the molecule is Cc1c(NC(=O)c2ccccc2NC(=O)c2ccsc2)c(=O)n(-c2ccccc2)n1C. The number of aromatic nitrogens is 2. The third kappa shape index (κ3) is 3.93. The maximum atomic E-state index is 13.1. The lowest BCUT2D eigenvalue weighted by Crippen LogP contribution is -2.23. The Morgan fingerprint density at radius 2 is 1.61 bits per heavy atom. The number of para-hydroxylation sites is 2. The first kappa shape index (κ1) is 20.4. The number of hydrogen-bond donors (Lipinski definition) is 2. The summed E-state index contributed by atoms with van der Waals surface area (Å²) in [6.07, 6.45) is 0. The Balaban J connectivity index is 1.64. The summed E-state index contributed by atoms with van der Waals surface area (Å²) in [5.41, 5.74) is 2.32. The minimum atomic E-state index is -0.479. The Morgan fingerprint density at radius 1 is 0.903 bits per heavy atom. The summed E-state index contributed by atoms with van der Waals surface area (Å²) < 4.78 is 3.19. The van der Waals surface area contributed by atoms with E-state index in [0.717, 1.165) is 0 Å². The van der Waals surface area contributed by atoms with E-state index >= 15 is 0 Å². The molecular weight excluding hydrogens is 412 g/mol. The van der Waals surface area contributed by atoms with Gasteiger partial charge in [-0.2, -0.15) is 11.3 Å². The molecule has 0 aliphatic rings. The van der Waals surface area contributed by atoms with Crippen LogP contribution >= 0.6 is 11.3 Å². The third-order valence-electron chi connectivity index (χ3n) is 5.00. The fraction of sp³-hybridized carbons (Fsp3) is 0.0870. The number of carbonyl (C=O) groups excluding carboxylic acids is 2. The average molecular weight is 433 g/mol. The van der Waals surface area contributed by atoms with Crippen molar-refractivity contribution in [3.63, 3.8) is 0 Å². The molecular formula is C23H20N4O3S. The van der Waals surface area contributed by atoms with Crippen LogP contribution in [0.3, 0.4) is 0 Å². The van der Waals surface area contributed by atoms with Crippen molar-refractivity contribution in [1.82, 2.24) is 9.36 Å². The van der Waals surface area contributed by atoms with Gasteiger partial charge in [0.15, 0.2) is 0 Å². The molecule has 0 unspecified atom stereocenters. The molecule has 2 aromatic carbocycles. The van der Waals surface area contributed by atoms with Crippen LogP contribution in [-0.4, -0.2) is 21.2 Å². The number of anilines is 2. The molecule has 0 saturated heterocycles. The van der Waals surface area contributed by atoms with E-state index < -0.39 is 5.91 Å². The fourth-order valence-corrected chi connectivity index (χ4v) is 3.91. The number of thiophene rings is 1. The molecule has 0 aliphatic carbocycles. The van der Waals surface area contributed by atoms with Gasteiger partial charge in [-0.1, -0.05) is 30.3 Å². The van der Waals surface area contributed by atoms with Gasteiger partial charge < -0.3 is 10.6 Å². The number of hydrogen-bond acceptors (Lipinski definition) is 4. The van der Waals surface area contributed by atoms with Gasteiger partial charge in [-0.3, -0.25) is 19.1 Å². The van der Waals surface area contributed by atoms with Gasteiger partial charge in [0.2, 0.25) is 0 Å². The van der Waals surface area contributed by atoms with E-state index in [2.05, 4.69) is 10.6 Å². The summed E-state index contributed by atoms with van der Waals surface area (Å²) in [6.45, 7) is 1.76. The standard InChI is InChI=1S/C23H20N4O3S/c1-15-20(23(30)27(26(15)2)17-8-4-3-5-9-17)25-22(29)18-10-6-7-11-19(18)24-21(28)16-12-13-31-14-16/h3-14H,1-2H3,(H,24,28)(H,25,29). The molecule has 8 heteroatoms. The van der Waals surface area contributed by atoms with Gasteiger partial charge in [-0.05, 0) is 42.6 Å². The molecule has 0 atom stereocenters. The number of benzene rings is 2. The smallest absolute Gasteiger partial charge is 0.295 e. The lowest BCUT2D eigenvalue weighted by atomic mass is 10.1. The van der Waals surface area contributed by atoms with Crippen LogP contribution in [0, 0.1) is 6.92 Å². The zero-order chi connectivity index (χ0) is 22.0. The van der Waals surface area contributed by atoms with Crippen molar-refractivity contribution in [1.29, 1.82) is 0 Å². The zero-order valence-electron chi connectivity index (χ0n) is 17.0. The summed E-state index contributed by atoms with van der Waals surface area (Å²) in [5.74, 6) is -0.781. The van der Waals surface area contributed by atoms with Crippen molar-refractivity contribution in [2.45, 2.75) is 6.92 Å². The van der Waals surface area contributed by atoms with Crippen LogP contribution in [0.15, 0.2) is 76.2 Å². The summed E-state index contributed by atoms with van der Waals surface area (Å²) in [4.78, 5) is 38.5. The van der Waals surface area contributed by atoms with Gasteiger partial charge in [0, 0.05) is 12.4 Å². The molecule has 7 nitrogen and oxygen atoms in total. The molecule has 31 heavy (non-hydrogen) atoms. The Hall–Kier alpha value is -3.91. The Kier molecular flexibility index (Phi) is 5.55. The van der Waals surface area contributed by atoms with E-state index in [0.29, 0.717) is 22.6 Å². The number of nitrogens with one attached hydrogen (secondary N) is 2. The number of carbonyl (C=O) groups is 2. The number of amides is 2. The van der Waals surface area contributed by atoms with Crippen LogP contribution in [0.1, 0.15) is 26.4 Å². The Labute approximate surface area is 182 Å². The van der Waals surface area contributed by atoms with E-state index in [9.17, 15) is 14.4 Å². The van der Waals surface area contributed by atoms with Gasteiger partial charge in [-0.15, -0.1) is 0 Å². The highest BCUT2D eigenvalue weighted by Crippen LogP contribution is 2.20. The molecule has 4 rings (SSSR count). The van der Waals surface area contributed by atoms with Crippen molar-refractivity contribution in [2.75, 3.05) is 10.6 Å². The first-order valence-electron chi connectivity index (χ1n) is 9.55. The molecule has 0 saturated carbocycles. The van der Waals surface area contributed by atoms with E-state index in [-0.39, 0.29) is 22.7 Å². The van der Waals surface area contributed by atoms with Crippen LogP contribution in [0.2, 0.25) is 0 Å². The highest BCUT2D eigenvalue weighted by molar-refractivity contribution is 7.08. The molecule has 0 spiro atoms. The van der Waals surface area contributed by atoms with Crippen LogP contribution in [0.25, 0.3) is 5.69 Å². The first-order valence-corrected chi connectivity index (χ1v) is 10.5.